The molecule has 0 aromatic heterocycles. The summed E-state index contributed by atoms with van der Waals surface area (Å²) in [6, 6.07) is 6.38. The maximum Gasteiger partial charge on any atom is 0.307 e. The summed E-state index contributed by atoms with van der Waals surface area (Å²) in [5, 5.41) is 63.6. The molecule has 0 fully saturated rings. The second-order valence-corrected chi connectivity index (χ2v) is 11.5. The lowest BCUT2D eigenvalue weighted by molar-refractivity contribution is -0.137. The van der Waals surface area contributed by atoms with E-state index in [1.165, 1.54) is 18.2 Å². The van der Waals surface area contributed by atoms with Crippen LogP contribution in [0.5, 0.6) is 11.5 Å². The van der Waals surface area contributed by atoms with E-state index in [-0.39, 0.29) is 23.3 Å². The number of carboxylic acid groups (broad SMARTS) is 2. The van der Waals surface area contributed by atoms with Crippen LogP contribution in [0.15, 0.2) is 30.0 Å². The number of carboxylic acids is 2. The van der Waals surface area contributed by atoms with E-state index in [2.05, 4.69) is 0 Å². The molecule has 0 radical (unpaired) electrons. The van der Waals surface area contributed by atoms with E-state index < -0.39 is 42.0 Å². The molecule has 0 saturated carbocycles. The molecule has 8 nitrogen and oxygen atoms in total. The Hall–Kier alpha value is -4.04. The third-order valence-electron chi connectivity index (χ3n) is 8.52. The first-order valence-electron chi connectivity index (χ1n) is 13.3. The van der Waals surface area contributed by atoms with Crippen molar-refractivity contribution < 1.29 is 40.2 Å². The Bertz CT molecular complexity index is 1570. The lowest BCUT2D eigenvalue weighted by atomic mass is 9.57. The Morgan fingerprint density at radius 1 is 0.800 bits per heavy atom. The fourth-order valence-electron chi connectivity index (χ4n) is 6.98. The van der Waals surface area contributed by atoms with E-state index in [9.17, 15) is 40.2 Å². The van der Waals surface area contributed by atoms with Crippen molar-refractivity contribution in [3.63, 3.8) is 0 Å². The van der Waals surface area contributed by atoms with Crippen LogP contribution < -0.4 is 0 Å². The van der Waals surface area contributed by atoms with Gasteiger partial charge < -0.3 is 30.6 Å². The van der Waals surface area contributed by atoms with Crippen molar-refractivity contribution >= 4 is 28.8 Å². The van der Waals surface area contributed by atoms with Crippen LogP contribution in [0.1, 0.15) is 61.1 Å². The van der Waals surface area contributed by atoms with Gasteiger partial charge in [-0.3, -0.25) is 9.59 Å². The smallest absolute Gasteiger partial charge is 0.307 e. The molecule has 0 aliphatic heterocycles. The topological polar surface area (TPSA) is 156 Å². The maximum absolute atomic E-state index is 12.3. The number of aliphatic hydroxyl groups excluding tert-OH is 2. The van der Waals surface area contributed by atoms with Gasteiger partial charge in [-0.15, -0.1) is 0 Å². The zero-order valence-electron chi connectivity index (χ0n) is 23.5. The van der Waals surface area contributed by atoms with Gasteiger partial charge in [-0.05, 0) is 99.2 Å². The molecule has 1 unspecified atom stereocenters. The molecule has 1 atom stereocenters. The van der Waals surface area contributed by atoms with Crippen LogP contribution in [0, 0.1) is 25.7 Å². The van der Waals surface area contributed by atoms with Crippen molar-refractivity contribution in [2.24, 2.45) is 11.8 Å². The highest BCUT2D eigenvalue weighted by Gasteiger charge is 2.51. The zero-order chi connectivity index (χ0) is 29.8. The molecule has 0 amide bonds. The number of hydrogen-bond donors (Lipinski definition) is 6. The van der Waals surface area contributed by atoms with Gasteiger partial charge >= 0.3 is 11.9 Å². The Labute approximate surface area is 232 Å². The minimum atomic E-state index is -1.19. The van der Waals surface area contributed by atoms with Gasteiger partial charge in [-0.25, -0.2) is 0 Å². The van der Waals surface area contributed by atoms with E-state index in [0.29, 0.717) is 49.7 Å². The molecule has 0 heterocycles. The van der Waals surface area contributed by atoms with Crippen LogP contribution in [-0.2, 0) is 27.8 Å². The van der Waals surface area contributed by atoms with Gasteiger partial charge in [0.2, 0.25) is 0 Å². The summed E-state index contributed by atoms with van der Waals surface area (Å²) < 4.78 is 0. The molecule has 40 heavy (non-hydrogen) atoms. The number of phenols is 2. The Balaban J connectivity index is 2.23. The SMILES string of the molecule is Cc1cc2c(c(CC(=O)O)c1-c1c(C)cc3cc(O)c(O)cc3c1CC(=O)O)C=C(O)C(O)C2(C(C)C)C(C)C. The highest BCUT2D eigenvalue weighted by molar-refractivity contribution is 5.99. The third-order valence-corrected chi connectivity index (χ3v) is 8.52. The molecule has 8 heteroatoms. The molecular weight excluding hydrogens is 512 g/mol. The van der Waals surface area contributed by atoms with Crippen molar-refractivity contribution in [3.8, 4) is 22.6 Å². The lowest BCUT2D eigenvalue weighted by Crippen LogP contribution is -2.51. The van der Waals surface area contributed by atoms with Gasteiger partial charge in [-0.2, -0.15) is 0 Å². The van der Waals surface area contributed by atoms with Gasteiger partial charge in [0.25, 0.3) is 0 Å². The van der Waals surface area contributed by atoms with Crippen LogP contribution >= 0.6 is 0 Å². The summed E-state index contributed by atoms with van der Waals surface area (Å²) in [4.78, 5) is 24.4. The second-order valence-electron chi connectivity index (χ2n) is 11.5. The van der Waals surface area contributed by atoms with Gasteiger partial charge in [0.15, 0.2) is 11.5 Å². The van der Waals surface area contributed by atoms with Crippen LogP contribution in [0.25, 0.3) is 28.0 Å². The number of rotatable bonds is 7. The molecule has 0 saturated heterocycles. The van der Waals surface area contributed by atoms with E-state index in [1.54, 1.807) is 13.0 Å². The highest BCUT2D eigenvalue weighted by Crippen LogP contribution is 2.52. The summed E-state index contributed by atoms with van der Waals surface area (Å²) >= 11 is 0. The van der Waals surface area contributed by atoms with Crippen molar-refractivity contribution in [3.05, 3.63) is 63.4 Å². The maximum atomic E-state index is 12.3. The predicted molar refractivity (Wildman–Crippen MR) is 153 cm³/mol. The summed E-state index contributed by atoms with van der Waals surface area (Å²) in [6.07, 6.45) is -0.580. The number of phenolic OH excluding ortho intramolecular Hbond substituents is 2. The first-order valence-corrected chi connectivity index (χ1v) is 13.3. The van der Waals surface area contributed by atoms with Crippen LogP contribution in [-0.4, -0.2) is 48.7 Å². The van der Waals surface area contributed by atoms with Crippen molar-refractivity contribution in [2.75, 3.05) is 0 Å². The quantitative estimate of drug-likeness (QED) is 0.208. The fraction of sp³-hybridized carbons (Fsp3) is 0.375. The normalized spacial score (nSPS) is 16.3. The number of fused-ring (bicyclic) bond motifs is 2. The number of aromatic hydroxyl groups is 2. The number of hydrogen-bond acceptors (Lipinski definition) is 6. The molecular formula is C32H36O8. The molecule has 3 aromatic rings. The van der Waals surface area contributed by atoms with E-state index in [0.717, 1.165) is 5.56 Å². The van der Waals surface area contributed by atoms with Gasteiger partial charge in [0.05, 0.1) is 12.8 Å². The molecule has 4 rings (SSSR count). The fourth-order valence-corrected chi connectivity index (χ4v) is 6.98. The monoisotopic (exact) mass is 548 g/mol. The van der Waals surface area contributed by atoms with Crippen LogP contribution in [0.4, 0.5) is 0 Å². The average Bonchev–Trinajstić information content (AvgIpc) is 2.82. The number of aliphatic hydroxyl groups is 2. The highest BCUT2D eigenvalue weighted by atomic mass is 16.4. The average molecular weight is 549 g/mol. The number of carbonyl (C=O) groups is 2. The summed E-state index contributed by atoms with van der Waals surface area (Å²) in [5.74, 6) is -3.46. The van der Waals surface area contributed by atoms with Crippen LogP contribution in [0.2, 0.25) is 0 Å². The van der Waals surface area contributed by atoms with E-state index in [4.69, 9.17) is 0 Å². The Kier molecular flexibility index (Phi) is 7.36. The Morgan fingerprint density at radius 3 is 1.85 bits per heavy atom. The number of aliphatic carboxylic acids is 2. The Morgan fingerprint density at radius 2 is 1.30 bits per heavy atom. The van der Waals surface area contributed by atoms with Gasteiger partial charge in [-0.1, -0.05) is 39.8 Å². The van der Waals surface area contributed by atoms with E-state index in [1.807, 2.05) is 40.7 Å². The van der Waals surface area contributed by atoms with Crippen molar-refractivity contribution in [1.29, 1.82) is 0 Å². The minimum absolute atomic E-state index is 0.124. The first kappa shape index (κ1) is 29.0. The van der Waals surface area contributed by atoms with Gasteiger partial charge in [0, 0.05) is 5.41 Å². The predicted octanol–water partition coefficient (Wildman–Crippen LogP) is 5.61. The largest absolute Gasteiger partial charge is 0.509 e. The van der Waals surface area contributed by atoms with Crippen molar-refractivity contribution in [2.45, 2.75) is 65.9 Å². The minimum Gasteiger partial charge on any atom is -0.509 e. The molecule has 212 valence electrons. The van der Waals surface area contributed by atoms with Crippen LogP contribution in [0.3, 0.4) is 0 Å². The molecule has 3 aromatic carbocycles. The van der Waals surface area contributed by atoms with Gasteiger partial charge in [0.1, 0.15) is 11.9 Å². The summed E-state index contributed by atoms with van der Waals surface area (Å²) in [7, 11) is 0. The molecule has 0 bridgehead atoms. The lowest BCUT2D eigenvalue weighted by Gasteiger charge is -2.49. The first-order chi connectivity index (χ1) is 18.6. The second kappa shape index (κ2) is 10.2. The summed E-state index contributed by atoms with van der Waals surface area (Å²) in [5.41, 5.74) is 3.52. The molecule has 0 spiro atoms. The van der Waals surface area contributed by atoms with E-state index >= 15 is 0 Å². The zero-order valence-corrected chi connectivity index (χ0v) is 23.5. The molecule has 6 N–H and O–H groups in total. The number of aryl methyl sites for hydroxylation is 2. The third kappa shape index (κ3) is 4.36. The standard InChI is InChI=1S/C32H36O8/c1-14(2)32(15(3)4)23-8-17(6)30(22(13-28(38)39)20(23)11-26(35)31(32)40)29-16(5)7-18-9-24(33)25(34)10-19(18)21(29)12-27(36)37/h7-11,14-15,31,33-35,40H,12-13H2,1-6H3,(H,36,37)(H,38,39). The van der Waals surface area contributed by atoms with Crippen molar-refractivity contribution in [1.82, 2.24) is 0 Å². The summed E-state index contributed by atoms with van der Waals surface area (Å²) in [6.45, 7) is 11.5. The molecule has 1 aliphatic rings. The molecule has 1 aliphatic carbocycles. The number of benzene rings is 3.